The van der Waals surface area contributed by atoms with Gasteiger partial charge in [-0.15, -0.1) is 0 Å². The fourth-order valence-electron chi connectivity index (χ4n) is 5.21. The van der Waals surface area contributed by atoms with Gasteiger partial charge in [0.05, 0.1) is 6.61 Å². The van der Waals surface area contributed by atoms with Crippen LogP contribution < -0.4 is 0 Å². The molecule has 1 atom stereocenters. The number of aliphatic hydroxyl groups is 1. The molecule has 1 aromatic heterocycles. The molecule has 3 aromatic rings. The molecule has 2 N–H and O–H groups in total. The second-order valence-electron chi connectivity index (χ2n) is 9.05. The highest BCUT2D eigenvalue weighted by Gasteiger charge is 2.24. The molecular weight excluding hydrogens is 368 g/mol. The van der Waals surface area contributed by atoms with Crippen LogP contribution in [0.15, 0.2) is 48.5 Å². The average molecular weight is 401 g/mol. The largest absolute Gasteiger partial charge is 0.395 e. The van der Waals surface area contributed by atoms with E-state index in [1.54, 1.807) is 0 Å². The Kier molecular flexibility index (Phi) is 5.49. The maximum atomic E-state index is 9.60. The molecule has 3 heteroatoms. The van der Waals surface area contributed by atoms with Crippen molar-refractivity contribution in [3.05, 3.63) is 65.4 Å². The van der Waals surface area contributed by atoms with Crippen molar-refractivity contribution in [3.63, 3.8) is 0 Å². The van der Waals surface area contributed by atoms with E-state index in [1.807, 2.05) is 0 Å². The molecule has 1 aliphatic carbocycles. The molecule has 1 fully saturated rings. The zero-order valence-electron chi connectivity index (χ0n) is 18.0. The summed E-state index contributed by atoms with van der Waals surface area (Å²) in [5, 5.41) is 10.9. The van der Waals surface area contributed by atoms with Crippen molar-refractivity contribution in [1.82, 2.24) is 9.88 Å². The first kappa shape index (κ1) is 19.6. The minimum absolute atomic E-state index is 0.260. The quantitative estimate of drug-likeness (QED) is 0.547. The number of hydrogen-bond acceptors (Lipinski definition) is 2. The predicted octanol–water partition coefficient (Wildman–Crippen LogP) is 6.06. The fraction of sp³-hybridized carbons (Fsp3) is 0.407. The van der Waals surface area contributed by atoms with Gasteiger partial charge in [-0.3, -0.25) is 4.90 Å². The standard InChI is InChI=1S/C27H32N2O/c1-19-9-10-21(20-6-3-2-4-7-20)16-26(19)22-11-12-27-23(14-22)15-24(28-27)17-29-13-5-8-25(29)18-30/h6,9-12,14-16,25,28,30H,2-5,7-8,13,17-18H2,1H3. The first-order valence-electron chi connectivity index (χ1n) is 11.5. The summed E-state index contributed by atoms with van der Waals surface area (Å²) in [6.07, 6.45) is 9.76. The lowest BCUT2D eigenvalue weighted by Gasteiger charge is -2.21. The van der Waals surface area contributed by atoms with E-state index in [4.69, 9.17) is 0 Å². The number of hydrogen-bond donors (Lipinski definition) is 2. The molecule has 2 heterocycles. The van der Waals surface area contributed by atoms with Crippen molar-refractivity contribution < 1.29 is 5.11 Å². The molecule has 2 aromatic carbocycles. The van der Waals surface area contributed by atoms with Gasteiger partial charge in [0.25, 0.3) is 0 Å². The van der Waals surface area contributed by atoms with Crippen LogP contribution in [0.4, 0.5) is 0 Å². The number of aryl methyl sites for hydroxylation is 1. The fourth-order valence-corrected chi connectivity index (χ4v) is 5.21. The van der Waals surface area contributed by atoms with Gasteiger partial charge in [0.1, 0.15) is 0 Å². The van der Waals surface area contributed by atoms with Gasteiger partial charge in [-0.05, 0) is 104 Å². The summed E-state index contributed by atoms with van der Waals surface area (Å²) in [6.45, 7) is 4.44. The molecule has 0 saturated carbocycles. The molecule has 0 radical (unpaired) electrons. The van der Waals surface area contributed by atoms with Crippen molar-refractivity contribution in [3.8, 4) is 11.1 Å². The van der Waals surface area contributed by atoms with Crippen LogP contribution in [0.2, 0.25) is 0 Å². The number of benzene rings is 2. The number of H-pyrrole nitrogens is 1. The lowest BCUT2D eigenvalue weighted by atomic mass is 9.90. The van der Waals surface area contributed by atoms with Gasteiger partial charge in [-0.2, -0.15) is 0 Å². The second-order valence-corrected chi connectivity index (χ2v) is 9.05. The van der Waals surface area contributed by atoms with E-state index in [0.717, 1.165) is 19.5 Å². The molecule has 30 heavy (non-hydrogen) atoms. The van der Waals surface area contributed by atoms with Crippen LogP contribution >= 0.6 is 0 Å². The average Bonchev–Trinajstić information content (AvgIpc) is 3.40. The van der Waals surface area contributed by atoms with Crippen LogP contribution in [0.25, 0.3) is 27.6 Å². The number of nitrogens with zero attached hydrogens (tertiary/aromatic N) is 1. The minimum atomic E-state index is 0.260. The smallest absolute Gasteiger partial charge is 0.0587 e. The lowest BCUT2D eigenvalue weighted by molar-refractivity contribution is 0.152. The van der Waals surface area contributed by atoms with Crippen LogP contribution in [0.1, 0.15) is 55.3 Å². The van der Waals surface area contributed by atoms with Crippen LogP contribution in [0.5, 0.6) is 0 Å². The maximum Gasteiger partial charge on any atom is 0.0587 e. The molecular formula is C27H32N2O. The monoisotopic (exact) mass is 400 g/mol. The topological polar surface area (TPSA) is 39.3 Å². The first-order chi connectivity index (χ1) is 14.7. The maximum absolute atomic E-state index is 9.60. The number of nitrogens with one attached hydrogen (secondary N) is 1. The third-order valence-corrected chi connectivity index (χ3v) is 6.97. The van der Waals surface area contributed by atoms with Crippen molar-refractivity contribution in [1.29, 1.82) is 0 Å². The Balaban J connectivity index is 1.44. The van der Waals surface area contributed by atoms with Gasteiger partial charge in [0.2, 0.25) is 0 Å². The van der Waals surface area contributed by atoms with E-state index in [0.29, 0.717) is 6.04 Å². The number of aromatic nitrogens is 1. The SMILES string of the molecule is Cc1ccc(C2=CCCCC2)cc1-c1ccc2[nH]c(CN3CCCC3CO)cc2c1. The molecule has 2 aliphatic rings. The molecule has 0 amide bonds. The van der Waals surface area contributed by atoms with Gasteiger partial charge in [-0.25, -0.2) is 0 Å². The lowest BCUT2D eigenvalue weighted by Crippen LogP contribution is -2.31. The van der Waals surface area contributed by atoms with E-state index >= 15 is 0 Å². The molecule has 3 nitrogen and oxygen atoms in total. The summed E-state index contributed by atoms with van der Waals surface area (Å²) in [4.78, 5) is 5.99. The van der Waals surface area contributed by atoms with E-state index in [-0.39, 0.29) is 6.61 Å². The normalized spacial score (nSPS) is 20.1. The summed E-state index contributed by atoms with van der Waals surface area (Å²) in [5.41, 5.74) is 9.28. The van der Waals surface area contributed by atoms with Crippen molar-refractivity contribution >= 4 is 16.5 Å². The summed E-state index contributed by atoms with van der Waals surface area (Å²) in [6, 6.07) is 16.3. The van der Waals surface area contributed by atoms with Gasteiger partial charge in [-0.1, -0.05) is 24.3 Å². The molecule has 1 saturated heterocycles. The molecule has 0 bridgehead atoms. The van der Waals surface area contributed by atoms with Gasteiger partial charge in [0, 0.05) is 29.2 Å². The minimum Gasteiger partial charge on any atom is -0.395 e. The third kappa shape index (κ3) is 3.84. The number of aromatic amines is 1. The van der Waals surface area contributed by atoms with Crippen LogP contribution in [-0.4, -0.2) is 34.2 Å². The third-order valence-electron chi connectivity index (χ3n) is 6.97. The molecule has 1 aliphatic heterocycles. The summed E-state index contributed by atoms with van der Waals surface area (Å²) in [7, 11) is 0. The Morgan fingerprint density at radius 1 is 1.03 bits per heavy atom. The van der Waals surface area contributed by atoms with E-state index < -0.39 is 0 Å². The number of likely N-dealkylation sites (tertiary alicyclic amines) is 1. The Morgan fingerprint density at radius 3 is 2.77 bits per heavy atom. The van der Waals surface area contributed by atoms with Crippen molar-refractivity contribution in [2.75, 3.05) is 13.2 Å². The van der Waals surface area contributed by atoms with Crippen LogP contribution in [0, 0.1) is 6.92 Å². The van der Waals surface area contributed by atoms with E-state index in [2.05, 4.69) is 65.3 Å². The van der Waals surface area contributed by atoms with Gasteiger partial charge < -0.3 is 10.1 Å². The summed E-state index contributed by atoms with van der Waals surface area (Å²) < 4.78 is 0. The van der Waals surface area contributed by atoms with Crippen molar-refractivity contribution in [2.45, 2.75) is 58.0 Å². The number of fused-ring (bicyclic) bond motifs is 1. The molecule has 0 spiro atoms. The Morgan fingerprint density at radius 2 is 1.93 bits per heavy atom. The Labute approximate surface area is 179 Å². The molecule has 5 rings (SSSR count). The number of rotatable bonds is 5. The highest BCUT2D eigenvalue weighted by molar-refractivity contribution is 5.87. The highest BCUT2D eigenvalue weighted by atomic mass is 16.3. The predicted molar refractivity (Wildman–Crippen MR) is 125 cm³/mol. The Hall–Kier alpha value is -2.36. The van der Waals surface area contributed by atoms with Gasteiger partial charge >= 0.3 is 0 Å². The summed E-state index contributed by atoms with van der Waals surface area (Å²) >= 11 is 0. The van der Waals surface area contributed by atoms with Gasteiger partial charge in [0.15, 0.2) is 0 Å². The number of allylic oxidation sites excluding steroid dienone is 2. The van der Waals surface area contributed by atoms with Crippen LogP contribution in [-0.2, 0) is 6.54 Å². The molecule has 156 valence electrons. The van der Waals surface area contributed by atoms with E-state index in [1.165, 1.54) is 76.5 Å². The van der Waals surface area contributed by atoms with E-state index in [9.17, 15) is 5.11 Å². The number of aliphatic hydroxyl groups excluding tert-OH is 1. The van der Waals surface area contributed by atoms with Crippen molar-refractivity contribution in [2.24, 2.45) is 0 Å². The van der Waals surface area contributed by atoms with Crippen LogP contribution in [0.3, 0.4) is 0 Å². The highest BCUT2D eigenvalue weighted by Crippen LogP contribution is 2.33. The second kappa shape index (κ2) is 8.41. The molecule has 1 unspecified atom stereocenters. The zero-order valence-corrected chi connectivity index (χ0v) is 18.0. The summed E-state index contributed by atoms with van der Waals surface area (Å²) in [5.74, 6) is 0. The first-order valence-corrected chi connectivity index (χ1v) is 11.5. The Bertz CT molecular complexity index is 1080. The zero-order chi connectivity index (χ0) is 20.5.